The Balaban J connectivity index is 2.53. The molecule has 1 unspecified atom stereocenters. The fourth-order valence-electron chi connectivity index (χ4n) is 2.03. The van der Waals surface area contributed by atoms with E-state index in [2.05, 4.69) is 0 Å². The molecule has 1 aromatic carbocycles. The molecular weight excluding hydrogens is 221 g/mol. The minimum absolute atomic E-state index is 0.323. The van der Waals surface area contributed by atoms with Crippen molar-refractivity contribution in [2.45, 2.75) is 31.5 Å². The van der Waals surface area contributed by atoms with Crippen molar-refractivity contribution in [3.05, 3.63) is 23.3 Å². The van der Waals surface area contributed by atoms with Gasteiger partial charge in [-0.25, -0.2) is 4.39 Å². The monoisotopic (exact) mass is 239 g/mol. The third-order valence-corrected chi connectivity index (χ3v) is 3.31. The van der Waals surface area contributed by atoms with E-state index in [1.165, 1.54) is 14.0 Å². The van der Waals surface area contributed by atoms with Crippen molar-refractivity contribution in [3.8, 4) is 11.5 Å². The summed E-state index contributed by atoms with van der Waals surface area (Å²) in [6.45, 7) is 1.48. The number of hydrogen-bond acceptors (Lipinski definition) is 3. The predicted octanol–water partition coefficient (Wildman–Crippen LogP) is 2.68. The van der Waals surface area contributed by atoms with Crippen LogP contribution in [0.15, 0.2) is 12.1 Å². The molecule has 1 saturated carbocycles. The molecule has 1 atom stereocenters. The van der Waals surface area contributed by atoms with Crippen LogP contribution in [0.1, 0.15) is 37.1 Å². The summed E-state index contributed by atoms with van der Waals surface area (Å²) < 4.78 is 24.0. The first kappa shape index (κ1) is 12.2. The molecule has 17 heavy (non-hydrogen) atoms. The molecule has 1 aromatic rings. The quantitative estimate of drug-likeness (QED) is 0.878. The summed E-state index contributed by atoms with van der Waals surface area (Å²) in [5.74, 6) is 1.18. The van der Waals surface area contributed by atoms with E-state index in [0.29, 0.717) is 17.1 Å². The normalized spacial score (nSPS) is 18.6. The lowest BCUT2D eigenvalue weighted by Crippen LogP contribution is -2.20. The van der Waals surface area contributed by atoms with E-state index < -0.39 is 6.17 Å². The minimum Gasteiger partial charge on any atom is -0.496 e. The Morgan fingerprint density at radius 2 is 1.82 bits per heavy atom. The van der Waals surface area contributed by atoms with E-state index in [4.69, 9.17) is 15.2 Å². The number of benzene rings is 1. The third-order valence-electron chi connectivity index (χ3n) is 3.31. The summed E-state index contributed by atoms with van der Waals surface area (Å²) in [6, 6.07) is 3.49. The largest absolute Gasteiger partial charge is 0.496 e. The summed E-state index contributed by atoms with van der Waals surface area (Å²) in [6.07, 6.45) is 0.759. The van der Waals surface area contributed by atoms with Gasteiger partial charge in [0.2, 0.25) is 0 Å². The molecule has 0 aliphatic heterocycles. The van der Waals surface area contributed by atoms with Crippen LogP contribution < -0.4 is 15.2 Å². The first-order valence-electron chi connectivity index (χ1n) is 5.71. The van der Waals surface area contributed by atoms with Crippen molar-refractivity contribution in [3.63, 3.8) is 0 Å². The van der Waals surface area contributed by atoms with Crippen LogP contribution in [0.4, 0.5) is 4.39 Å². The molecule has 1 aliphatic carbocycles. The second-order valence-corrected chi connectivity index (χ2v) is 4.57. The van der Waals surface area contributed by atoms with Crippen molar-refractivity contribution in [1.29, 1.82) is 0 Å². The Hall–Kier alpha value is -1.29. The number of ether oxygens (including phenoxy) is 2. The van der Waals surface area contributed by atoms with Crippen molar-refractivity contribution < 1.29 is 13.9 Å². The fraction of sp³-hybridized carbons (Fsp3) is 0.538. The Kier molecular flexibility index (Phi) is 3.00. The highest BCUT2D eigenvalue weighted by Crippen LogP contribution is 2.49. The van der Waals surface area contributed by atoms with Gasteiger partial charge in [-0.1, -0.05) is 0 Å². The van der Waals surface area contributed by atoms with Crippen molar-refractivity contribution >= 4 is 0 Å². The molecule has 0 amide bonds. The van der Waals surface area contributed by atoms with Crippen LogP contribution >= 0.6 is 0 Å². The molecule has 1 aliphatic rings. The maximum atomic E-state index is 13.5. The number of alkyl halides is 1. The van der Waals surface area contributed by atoms with Crippen LogP contribution in [-0.2, 0) is 5.54 Å². The standard InChI is InChI=1S/C13H18FNO2/c1-8(14)9-6-12(17-3)10(7-11(9)16-2)13(15)4-5-13/h6-8H,4-5,15H2,1-3H3. The summed E-state index contributed by atoms with van der Waals surface area (Å²) in [7, 11) is 3.11. The molecule has 1 fully saturated rings. The van der Waals surface area contributed by atoms with Gasteiger partial charge in [0.1, 0.15) is 17.7 Å². The van der Waals surface area contributed by atoms with E-state index in [1.807, 2.05) is 0 Å². The van der Waals surface area contributed by atoms with Gasteiger partial charge in [-0.2, -0.15) is 0 Å². The molecule has 0 aromatic heterocycles. The number of nitrogens with two attached hydrogens (primary N) is 1. The molecule has 4 heteroatoms. The lowest BCUT2D eigenvalue weighted by atomic mass is 9.99. The van der Waals surface area contributed by atoms with Crippen LogP contribution in [0, 0.1) is 0 Å². The molecule has 0 bridgehead atoms. The van der Waals surface area contributed by atoms with Crippen molar-refractivity contribution in [2.24, 2.45) is 5.73 Å². The van der Waals surface area contributed by atoms with E-state index in [1.54, 1.807) is 19.2 Å². The van der Waals surface area contributed by atoms with E-state index >= 15 is 0 Å². The predicted molar refractivity (Wildman–Crippen MR) is 64.2 cm³/mol. The number of methoxy groups -OCH3 is 2. The number of halogens is 1. The summed E-state index contributed by atoms with van der Waals surface area (Å²) in [5, 5.41) is 0. The van der Waals surface area contributed by atoms with E-state index in [-0.39, 0.29) is 5.54 Å². The topological polar surface area (TPSA) is 44.5 Å². The number of hydrogen-bond donors (Lipinski definition) is 1. The van der Waals surface area contributed by atoms with Gasteiger partial charge in [0, 0.05) is 16.7 Å². The van der Waals surface area contributed by atoms with Gasteiger partial charge in [-0.05, 0) is 31.9 Å². The van der Waals surface area contributed by atoms with Gasteiger partial charge in [-0.3, -0.25) is 0 Å². The summed E-state index contributed by atoms with van der Waals surface area (Å²) in [5.41, 5.74) is 7.24. The van der Waals surface area contributed by atoms with Gasteiger partial charge in [-0.15, -0.1) is 0 Å². The Labute approximate surface area is 101 Å². The number of rotatable bonds is 4. The highest BCUT2D eigenvalue weighted by Gasteiger charge is 2.42. The van der Waals surface area contributed by atoms with Gasteiger partial charge in [0.15, 0.2) is 0 Å². The van der Waals surface area contributed by atoms with E-state index in [0.717, 1.165) is 18.4 Å². The maximum absolute atomic E-state index is 13.5. The zero-order chi connectivity index (χ0) is 12.6. The molecular formula is C13H18FNO2. The lowest BCUT2D eigenvalue weighted by molar-refractivity contribution is 0.340. The lowest BCUT2D eigenvalue weighted by Gasteiger charge is -2.19. The molecule has 0 heterocycles. The smallest absolute Gasteiger partial charge is 0.126 e. The second-order valence-electron chi connectivity index (χ2n) is 4.57. The molecule has 0 spiro atoms. The molecule has 0 saturated heterocycles. The maximum Gasteiger partial charge on any atom is 0.126 e. The van der Waals surface area contributed by atoms with Crippen LogP contribution in [0.5, 0.6) is 11.5 Å². The zero-order valence-electron chi connectivity index (χ0n) is 10.4. The van der Waals surface area contributed by atoms with Crippen molar-refractivity contribution in [1.82, 2.24) is 0 Å². The average molecular weight is 239 g/mol. The summed E-state index contributed by atoms with van der Waals surface area (Å²) >= 11 is 0. The Bertz CT molecular complexity index is 428. The highest BCUT2D eigenvalue weighted by molar-refractivity contribution is 5.51. The first-order valence-corrected chi connectivity index (χ1v) is 5.71. The third kappa shape index (κ3) is 2.09. The Morgan fingerprint density at radius 3 is 2.24 bits per heavy atom. The van der Waals surface area contributed by atoms with Gasteiger partial charge in [0.25, 0.3) is 0 Å². The van der Waals surface area contributed by atoms with Gasteiger partial charge < -0.3 is 15.2 Å². The highest BCUT2D eigenvalue weighted by atomic mass is 19.1. The fourth-order valence-corrected chi connectivity index (χ4v) is 2.03. The second kappa shape index (κ2) is 4.18. The molecule has 3 nitrogen and oxygen atoms in total. The van der Waals surface area contributed by atoms with Gasteiger partial charge >= 0.3 is 0 Å². The van der Waals surface area contributed by atoms with Crippen LogP contribution in [0.2, 0.25) is 0 Å². The SMILES string of the molecule is COc1cc(C2(N)CC2)c(OC)cc1C(C)F. The zero-order valence-corrected chi connectivity index (χ0v) is 10.4. The molecule has 94 valence electrons. The Morgan fingerprint density at radius 1 is 1.24 bits per heavy atom. The van der Waals surface area contributed by atoms with Crippen molar-refractivity contribution in [2.75, 3.05) is 14.2 Å². The van der Waals surface area contributed by atoms with Gasteiger partial charge in [0.05, 0.1) is 14.2 Å². The molecule has 2 rings (SSSR count). The van der Waals surface area contributed by atoms with E-state index in [9.17, 15) is 4.39 Å². The average Bonchev–Trinajstić information content (AvgIpc) is 3.06. The van der Waals surface area contributed by atoms with Crippen LogP contribution in [0.3, 0.4) is 0 Å². The van der Waals surface area contributed by atoms with Crippen LogP contribution in [0.25, 0.3) is 0 Å². The summed E-state index contributed by atoms with van der Waals surface area (Å²) in [4.78, 5) is 0. The molecule has 2 N–H and O–H groups in total. The van der Waals surface area contributed by atoms with Crippen LogP contribution in [-0.4, -0.2) is 14.2 Å². The first-order chi connectivity index (χ1) is 8.01. The molecule has 0 radical (unpaired) electrons. The minimum atomic E-state index is -1.10.